The lowest BCUT2D eigenvalue weighted by Crippen LogP contribution is -2.48. The Bertz CT molecular complexity index is 1500. The number of anilines is 1. The molecule has 3 aliphatic rings. The van der Waals surface area contributed by atoms with Gasteiger partial charge in [0.25, 0.3) is 5.91 Å². The maximum Gasteiger partial charge on any atom is 0.304 e. The number of halogens is 1. The standard InChI is InChI=1S/C35H48ClN3O7S/c1-25-7-6-9-33(45-20-19-44-3)31-14-11-28(31)23-38-16-5-4-8-26-21-30(36)13-10-29(26)24-46-34-15-12-27(22-32(34)38)35(40)37-47(41,42)39(25)17-18-43-2/h6,9-10,12-13,15,21-22,25,28,31,33H,4-5,7-8,11,14,16-20,23-24H2,1-3H3,(H,37,40)/b9-6+/t25-,28-,31+,33?/m0/s1. The SMILES string of the molecule is COCCOC1/C=C/C[C@H](C)N(CCOC)S(=O)(=O)NC(=O)c2ccc3c(c2)N(CCCCc2cc(Cl)ccc2CO3)C[C@@H]2CC[C@@H]12. The molecule has 1 fully saturated rings. The fourth-order valence-corrected chi connectivity index (χ4v) is 8.27. The van der Waals surface area contributed by atoms with E-state index < -0.39 is 22.2 Å². The van der Waals surface area contributed by atoms with Crippen LogP contribution >= 0.6 is 11.6 Å². The van der Waals surface area contributed by atoms with E-state index in [1.165, 1.54) is 17.0 Å². The minimum absolute atomic E-state index is 0.102. The Kier molecular flexibility index (Phi) is 12.6. The average molecular weight is 690 g/mol. The maximum absolute atomic E-state index is 13.7. The molecule has 1 N–H and O–H groups in total. The van der Waals surface area contributed by atoms with Gasteiger partial charge in [-0.15, -0.1) is 0 Å². The highest BCUT2D eigenvalue weighted by molar-refractivity contribution is 7.87. The lowest BCUT2D eigenvalue weighted by atomic mass is 9.70. The first kappa shape index (κ1) is 35.6. The van der Waals surface area contributed by atoms with Crippen molar-refractivity contribution < 1.29 is 32.2 Å². The van der Waals surface area contributed by atoms with Gasteiger partial charge in [-0.25, -0.2) is 4.72 Å². The molecular formula is C35H48ClN3O7S. The van der Waals surface area contributed by atoms with Crippen molar-refractivity contribution in [3.05, 3.63) is 70.3 Å². The number of benzene rings is 2. The van der Waals surface area contributed by atoms with Gasteiger partial charge in [-0.05, 0) is 98.7 Å². The molecule has 0 spiro atoms. The van der Waals surface area contributed by atoms with E-state index >= 15 is 0 Å². The van der Waals surface area contributed by atoms with E-state index in [0.717, 1.165) is 56.4 Å². The van der Waals surface area contributed by atoms with Gasteiger partial charge in [-0.2, -0.15) is 12.7 Å². The minimum atomic E-state index is -4.19. The molecule has 1 unspecified atom stereocenters. The summed E-state index contributed by atoms with van der Waals surface area (Å²) in [6.07, 6.45) is 9.30. The maximum atomic E-state index is 13.7. The molecule has 258 valence electrons. The van der Waals surface area contributed by atoms with Crippen LogP contribution in [-0.4, -0.2) is 84.5 Å². The Morgan fingerprint density at radius 3 is 2.62 bits per heavy atom. The normalized spacial score (nSPS) is 26.0. The van der Waals surface area contributed by atoms with Crippen molar-refractivity contribution in [3.8, 4) is 5.75 Å². The molecule has 1 saturated carbocycles. The summed E-state index contributed by atoms with van der Waals surface area (Å²) in [5.41, 5.74) is 3.28. The van der Waals surface area contributed by atoms with Gasteiger partial charge in [-0.1, -0.05) is 29.8 Å². The molecule has 12 heteroatoms. The van der Waals surface area contributed by atoms with Crippen LogP contribution in [0.2, 0.25) is 5.02 Å². The predicted octanol–water partition coefficient (Wildman–Crippen LogP) is 5.39. The third-order valence-corrected chi connectivity index (χ3v) is 11.4. The number of methoxy groups -OCH3 is 2. The molecule has 5 rings (SSSR count). The van der Waals surface area contributed by atoms with Crippen LogP contribution in [0, 0.1) is 11.8 Å². The van der Waals surface area contributed by atoms with E-state index in [9.17, 15) is 13.2 Å². The number of hydrogen-bond acceptors (Lipinski definition) is 8. The molecule has 2 aromatic rings. The molecule has 2 bridgehead atoms. The number of fused-ring (bicyclic) bond motifs is 3. The van der Waals surface area contributed by atoms with Crippen LogP contribution in [0.4, 0.5) is 5.69 Å². The number of rotatable bonds is 7. The Hall–Kier alpha value is -2.67. The van der Waals surface area contributed by atoms with Gasteiger partial charge >= 0.3 is 10.2 Å². The van der Waals surface area contributed by atoms with Gasteiger partial charge in [0.15, 0.2) is 0 Å². The van der Waals surface area contributed by atoms with Crippen LogP contribution in [0.15, 0.2) is 48.6 Å². The van der Waals surface area contributed by atoms with Crippen LogP contribution < -0.4 is 14.4 Å². The van der Waals surface area contributed by atoms with E-state index in [0.29, 0.717) is 48.8 Å². The van der Waals surface area contributed by atoms with Crippen molar-refractivity contribution in [1.82, 2.24) is 9.03 Å². The summed E-state index contributed by atoms with van der Waals surface area (Å²) in [6, 6.07) is 10.7. The first-order chi connectivity index (χ1) is 22.7. The lowest BCUT2D eigenvalue weighted by molar-refractivity contribution is -0.0308. The Morgan fingerprint density at radius 2 is 1.85 bits per heavy atom. The molecule has 2 aliphatic heterocycles. The molecule has 47 heavy (non-hydrogen) atoms. The zero-order chi connectivity index (χ0) is 33.4. The van der Waals surface area contributed by atoms with E-state index in [1.807, 2.05) is 31.2 Å². The monoisotopic (exact) mass is 689 g/mol. The predicted molar refractivity (Wildman–Crippen MR) is 183 cm³/mol. The van der Waals surface area contributed by atoms with Crippen molar-refractivity contribution >= 4 is 33.4 Å². The molecule has 2 aromatic carbocycles. The first-order valence-corrected chi connectivity index (χ1v) is 18.4. The van der Waals surface area contributed by atoms with Gasteiger partial charge in [0.2, 0.25) is 0 Å². The second-order valence-electron chi connectivity index (χ2n) is 12.7. The quantitative estimate of drug-likeness (QED) is 0.305. The van der Waals surface area contributed by atoms with Crippen molar-refractivity contribution in [1.29, 1.82) is 0 Å². The molecule has 1 amide bonds. The van der Waals surface area contributed by atoms with Crippen molar-refractivity contribution in [3.63, 3.8) is 0 Å². The van der Waals surface area contributed by atoms with Crippen molar-refractivity contribution in [2.45, 2.75) is 64.2 Å². The van der Waals surface area contributed by atoms with E-state index in [4.69, 9.17) is 30.5 Å². The average Bonchev–Trinajstić information content (AvgIpc) is 3.05. The zero-order valence-corrected chi connectivity index (χ0v) is 29.2. The molecule has 0 aromatic heterocycles. The number of hydrogen-bond donors (Lipinski definition) is 1. The molecule has 10 nitrogen and oxygen atoms in total. The van der Waals surface area contributed by atoms with Crippen LogP contribution in [0.3, 0.4) is 0 Å². The lowest BCUT2D eigenvalue weighted by Gasteiger charge is -2.44. The van der Waals surface area contributed by atoms with Gasteiger partial charge in [0.05, 0.1) is 31.6 Å². The van der Waals surface area contributed by atoms with Crippen LogP contribution in [-0.2, 0) is 37.4 Å². The fraction of sp³-hybridized carbons (Fsp3) is 0.571. The summed E-state index contributed by atoms with van der Waals surface area (Å²) in [7, 11) is -1.01. The van der Waals surface area contributed by atoms with Gasteiger partial charge in [0, 0.05) is 50.5 Å². The molecule has 0 saturated heterocycles. The topological polar surface area (TPSA) is 107 Å². The Balaban J connectivity index is 1.54. The first-order valence-electron chi connectivity index (χ1n) is 16.6. The summed E-state index contributed by atoms with van der Waals surface area (Å²) in [4.78, 5) is 15.9. The summed E-state index contributed by atoms with van der Waals surface area (Å²) >= 11 is 6.35. The third-order valence-electron chi connectivity index (χ3n) is 9.53. The summed E-state index contributed by atoms with van der Waals surface area (Å²) < 4.78 is 54.2. The minimum Gasteiger partial charge on any atom is -0.487 e. The number of amides is 1. The second kappa shape index (κ2) is 16.6. The van der Waals surface area contributed by atoms with Gasteiger partial charge in [-0.3, -0.25) is 4.79 Å². The Labute approximate surface area is 284 Å². The largest absolute Gasteiger partial charge is 0.487 e. The highest BCUT2D eigenvalue weighted by atomic mass is 35.5. The summed E-state index contributed by atoms with van der Waals surface area (Å²) in [5.74, 6) is 0.613. The van der Waals surface area contributed by atoms with E-state index in [1.54, 1.807) is 25.3 Å². The number of carbonyl (C=O) groups is 1. The molecule has 1 aliphatic carbocycles. The Morgan fingerprint density at radius 1 is 1.02 bits per heavy atom. The van der Waals surface area contributed by atoms with Crippen LogP contribution in [0.5, 0.6) is 5.75 Å². The number of nitrogens with zero attached hydrogens (tertiary/aromatic N) is 2. The number of carbonyl (C=O) groups excluding carboxylic acids is 1. The number of nitrogens with one attached hydrogen (secondary N) is 1. The van der Waals surface area contributed by atoms with Gasteiger partial charge < -0.3 is 23.8 Å². The molecular weight excluding hydrogens is 642 g/mol. The smallest absolute Gasteiger partial charge is 0.304 e. The van der Waals surface area contributed by atoms with E-state index in [2.05, 4.69) is 15.7 Å². The molecule has 2 heterocycles. The van der Waals surface area contributed by atoms with Crippen molar-refractivity contribution in [2.75, 3.05) is 58.6 Å². The third kappa shape index (κ3) is 9.07. The summed E-state index contributed by atoms with van der Waals surface area (Å²) in [5, 5.41) is 0.706. The number of aryl methyl sites for hydroxylation is 1. The molecule has 4 atom stereocenters. The fourth-order valence-electron chi connectivity index (χ4n) is 6.73. The molecule has 0 radical (unpaired) electrons. The second-order valence-corrected chi connectivity index (χ2v) is 14.7. The van der Waals surface area contributed by atoms with Crippen LogP contribution in [0.1, 0.15) is 60.5 Å². The number of ether oxygens (including phenoxy) is 4. The van der Waals surface area contributed by atoms with E-state index in [-0.39, 0.29) is 24.8 Å². The highest BCUT2D eigenvalue weighted by Gasteiger charge is 2.38. The highest BCUT2D eigenvalue weighted by Crippen LogP contribution is 2.42. The zero-order valence-electron chi connectivity index (χ0n) is 27.7. The van der Waals surface area contributed by atoms with Crippen LogP contribution in [0.25, 0.3) is 0 Å². The van der Waals surface area contributed by atoms with Crippen molar-refractivity contribution in [2.24, 2.45) is 11.8 Å². The summed E-state index contributed by atoms with van der Waals surface area (Å²) in [6.45, 7) is 4.97. The van der Waals surface area contributed by atoms with Gasteiger partial charge in [0.1, 0.15) is 12.4 Å².